The Labute approximate surface area is 316 Å². The van der Waals surface area contributed by atoms with Crippen molar-refractivity contribution in [1.29, 1.82) is 10.5 Å². The topological polar surface area (TPSA) is 62.4 Å². The Kier molecular flexibility index (Phi) is 6.61. The van der Waals surface area contributed by atoms with Crippen LogP contribution in [-0.2, 0) is 0 Å². The summed E-state index contributed by atoms with van der Waals surface area (Å²) in [5.41, 5.74) is 12.8. The molecular weight excluding hydrogens is 671 g/mol. The van der Waals surface area contributed by atoms with Gasteiger partial charge in [-0.25, -0.2) is 0 Å². The van der Waals surface area contributed by atoms with Gasteiger partial charge in [0.2, 0.25) is 0 Å². The van der Waals surface area contributed by atoms with E-state index in [0.717, 1.165) is 72.1 Å². The Morgan fingerprint density at radius 1 is 0.291 bits per heavy atom. The van der Waals surface area contributed by atoms with Crippen LogP contribution in [0.25, 0.3) is 93.6 Å². The standard InChI is InChI=1S/C50H29N5/c51-30-32-17-24-49-44(27-32)43-23-22-37(54-45-13-5-1-9-39(45)40-10-2-6-14-46(40)54)29-50(43)53(49)36-20-18-34(19-21-36)35-25-33(31-52)26-38(28-35)55-47-15-7-3-11-41(47)42-12-4-8-16-48(42)55/h1-29H. The molecule has 55 heavy (non-hydrogen) atoms. The van der Waals surface area contributed by atoms with Crippen LogP contribution in [0, 0.1) is 22.7 Å². The van der Waals surface area contributed by atoms with Gasteiger partial charge >= 0.3 is 0 Å². The maximum atomic E-state index is 10.2. The lowest BCUT2D eigenvalue weighted by Crippen LogP contribution is -1.97. The van der Waals surface area contributed by atoms with E-state index < -0.39 is 0 Å². The minimum Gasteiger partial charge on any atom is -0.309 e. The molecule has 3 aromatic heterocycles. The van der Waals surface area contributed by atoms with Crippen molar-refractivity contribution < 1.29 is 0 Å². The van der Waals surface area contributed by atoms with Gasteiger partial charge in [-0.1, -0.05) is 91.0 Å². The average Bonchev–Trinajstić information content (AvgIpc) is 3.88. The highest BCUT2D eigenvalue weighted by molar-refractivity contribution is 6.12. The highest BCUT2D eigenvalue weighted by atomic mass is 15.0. The van der Waals surface area contributed by atoms with Crippen LogP contribution in [0.4, 0.5) is 0 Å². The highest BCUT2D eigenvalue weighted by Gasteiger charge is 2.18. The molecule has 0 bridgehead atoms. The summed E-state index contributed by atoms with van der Waals surface area (Å²) in [6.07, 6.45) is 0. The number of hydrogen-bond acceptors (Lipinski definition) is 2. The molecule has 0 unspecified atom stereocenters. The zero-order valence-electron chi connectivity index (χ0n) is 29.5. The van der Waals surface area contributed by atoms with E-state index in [4.69, 9.17) is 0 Å². The molecule has 0 saturated heterocycles. The molecule has 0 atom stereocenters. The fraction of sp³-hybridized carbons (Fsp3) is 0. The van der Waals surface area contributed by atoms with Crippen LogP contribution in [0.15, 0.2) is 176 Å². The molecule has 11 aromatic rings. The normalized spacial score (nSPS) is 11.6. The molecular formula is C50H29N5. The zero-order chi connectivity index (χ0) is 36.6. The van der Waals surface area contributed by atoms with Crippen LogP contribution >= 0.6 is 0 Å². The molecule has 254 valence electrons. The summed E-state index contributed by atoms with van der Waals surface area (Å²) in [5.74, 6) is 0. The SMILES string of the molecule is N#Cc1cc(-c2ccc(-n3c4ccc(C#N)cc4c4ccc(-n5c6ccccc6c6ccccc65)cc43)cc2)cc(-n2c3ccccc3c3ccccc32)c1. The van der Waals surface area contributed by atoms with Gasteiger partial charge in [0.15, 0.2) is 0 Å². The minimum absolute atomic E-state index is 0.603. The quantitative estimate of drug-likeness (QED) is 0.184. The lowest BCUT2D eigenvalue weighted by atomic mass is 10.0. The first kappa shape index (κ1) is 30.7. The summed E-state index contributed by atoms with van der Waals surface area (Å²) in [4.78, 5) is 0. The smallest absolute Gasteiger partial charge is 0.0992 e. The zero-order valence-corrected chi connectivity index (χ0v) is 29.5. The van der Waals surface area contributed by atoms with E-state index in [9.17, 15) is 10.5 Å². The van der Waals surface area contributed by atoms with Gasteiger partial charge in [0.1, 0.15) is 0 Å². The van der Waals surface area contributed by atoms with E-state index in [2.05, 4.69) is 177 Å². The number of aromatic nitrogens is 3. The van der Waals surface area contributed by atoms with Gasteiger partial charge in [-0.3, -0.25) is 0 Å². The summed E-state index contributed by atoms with van der Waals surface area (Å²) in [6, 6.07) is 66.0. The molecule has 5 heteroatoms. The van der Waals surface area contributed by atoms with Crippen LogP contribution in [-0.4, -0.2) is 13.7 Å². The number of fused-ring (bicyclic) bond motifs is 9. The molecule has 8 aromatic carbocycles. The fourth-order valence-corrected chi connectivity index (χ4v) is 8.67. The third-order valence-corrected chi connectivity index (χ3v) is 11.1. The molecule has 0 radical (unpaired) electrons. The van der Waals surface area contributed by atoms with Crippen LogP contribution in [0.2, 0.25) is 0 Å². The van der Waals surface area contributed by atoms with E-state index in [-0.39, 0.29) is 0 Å². The van der Waals surface area contributed by atoms with Gasteiger partial charge in [0, 0.05) is 49.4 Å². The van der Waals surface area contributed by atoms with Crippen LogP contribution < -0.4 is 0 Å². The first-order chi connectivity index (χ1) is 27.2. The lowest BCUT2D eigenvalue weighted by molar-refractivity contribution is 1.15. The summed E-state index contributed by atoms with van der Waals surface area (Å²) in [5, 5.41) is 26.9. The van der Waals surface area contributed by atoms with Crippen molar-refractivity contribution in [2.24, 2.45) is 0 Å². The van der Waals surface area contributed by atoms with E-state index in [1.807, 2.05) is 24.3 Å². The average molecular weight is 700 g/mol. The van der Waals surface area contributed by atoms with Gasteiger partial charge in [-0.2, -0.15) is 10.5 Å². The maximum absolute atomic E-state index is 10.2. The number of para-hydroxylation sites is 4. The van der Waals surface area contributed by atoms with Crippen molar-refractivity contribution in [3.05, 3.63) is 187 Å². The largest absolute Gasteiger partial charge is 0.309 e. The molecule has 0 amide bonds. The molecule has 0 aliphatic carbocycles. The number of benzene rings is 8. The van der Waals surface area contributed by atoms with E-state index in [1.165, 1.54) is 21.5 Å². The predicted molar refractivity (Wildman–Crippen MR) is 224 cm³/mol. The van der Waals surface area contributed by atoms with Crippen molar-refractivity contribution in [2.45, 2.75) is 0 Å². The summed E-state index contributed by atoms with van der Waals surface area (Å²) < 4.78 is 6.89. The Morgan fingerprint density at radius 3 is 1.33 bits per heavy atom. The second kappa shape index (κ2) is 11.8. The molecule has 0 spiro atoms. The maximum Gasteiger partial charge on any atom is 0.0992 e. The highest BCUT2D eigenvalue weighted by Crippen LogP contribution is 2.38. The molecule has 0 fully saturated rings. The number of nitriles is 2. The third kappa shape index (κ3) is 4.58. The molecule has 0 aliphatic heterocycles. The van der Waals surface area contributed by atoms with Gasteiger partial charge in [-0.05, 0) is 96.1 Å². The van der Waals surface area contributed by atoms with Crippen LogP contribution in [0.1, 0.15) is 11.1 Å². The first-order valence-electron chi connectivity index (χ1n) is 18.3. The van der Waals surface area contributed by atoms with E-state index in [0.29, 0.717) is 11.1 Å². The Hall–Kier alpha value is -7.86. The Balaban J connectivity index is 1.09. The van der Waals surface area contributed by atoms with Crippen LogP contribution in [0.3, 0.4) is 0 Å². The molecule has 11 rings (SSSR count). The molecule has 0 N–H and O–H groups in total. The number of hydrogen-bond donors (Lipinski definition) is 0. The molecule has 0 saturated carbocycles. The van der Waals surface area contributed by atoms with Crippen LogP contribution in [0.5, 0.6) is 0 Å². The minimum atomic E-state index is 0.603. The summed E-state index contributed by atoms with van der Waals surface area (Å²) in [6.45, 7) is 0. The molecule has 0 aliphatic rings. The summed E-state index contributed by atoms with van der Waals surface area (Å²) >= 11 is 0. The second-order valence-corrected chi connectivity index (χ2v) is 14.0. The number of nitrogens with zero attached hydrogens (tertiary/aromatic N) is 5. The molecule has 5 nitrogen and oxygen atoms in total. The first-order valence-corrected chi connectivity index (χ1v) is 18.3. The molecule has 3 heterocycles. The van der Waals surface area contributed by atoms with Crippen molar-refractivity contribution in [3.63, 3.8) is 0 Å². The third-order valence-electron chi connectivity index (χ3n) is 11.1. The van der Waals surface area contributed by atoms with Crippen molar-refractivity contribution >= 4 is 65.4 Å². The fourth-order valence-electron chi connectivity index (χ4n) is 8.67. The van der Waals surface area contributed by atoms with Gasteiger partial charge < -0.3 is 13.7 Å². The number of rotatable bonds is 4. The Morgan fingerprint density at radius 2 is 0.764 bits per heavy atom. The van der Waals surface area contributed by atoms with Gasteiger partial charge in [-0.15, -0.1) is 0 Å². The lowest BCUT2D eigenvalue weighted by Gasteiger charge is -2.13. The van der Waals surface area contributed by atoms with Gasteiger partial charge in [0.25, 0.3) is 0 Å². The van der Waals surface area contributed by atoms with Crippen molar-refractivity contribution in [2.75, 3.05) is 0 Å². The second-order valence-electron chi connectivity index (χ2n) is 14.0. The van der Waals surface area contributed by atoms with E-state index in [1.54, 1.807) is 0 Å². The van der Waals surface area contributed by atoms with Crippen molar-refractivity contribution in [3.8, 4) is 40.3 Å². The van der Waals surface area contributed by atoms with E-state index >= 15 is 0 Å². The monoisotopic (exact) mass is 699 g/mol. The van der Waals surface area contributed by atoms with Gasteiger partial charge in [0.05, 0.1) is 56.4 Å². The predicted octanol–water partition coefficient (Wildman–Crippen LogP) is 12.4. The summed E-state index contributed by atoms with van der Waals surface area (Å²) in [7, 11) is 0. The Bertz CT molecular complexity index is 3350. The van der Waals surface area contributed by atoms with Crippen molar-refractivity contribution in [1.82, 2.24) is 13.7 Å².